The fraction of sp³-hybridized carbons (Fsp3) is 0.158. The van der Waals surface area contributed by atoms with E-state index in [1.807, 2.05) is 0 Å². The summed E-state index contributed by atoms with van der Waals surface area (Å²) in [5.74, 6) is 1.05. The summed E-state index contributed by atoms with van der Waals surface area (Å²) in [5.41, 5.74) is 0.527. The Kier molecular flexibility index (Phi) is 5.57. The number of aromatic nitrogens is 4. The summed E-state index contributed by atoms with van der Waals surface area (Å²) in [7, 11) is -1.04. The predicted octanol–water partition coefficient (Wildman–Crippen LogP) is 2.19. The second kappa shape index (κ2) is 8.32. The number of nitrogens with one attached hydrogen (secondary N) is 1. The van der Waals surface area contributed by atoms with Crippen LogP contribution >= 0.6 is 11.5 Å². The molecule has 0 aliphatic rings. The molecule has 0 amide bonds. The van der Waals surface area contributed by atoms with E-state index < -0.39 is 10.0 Å². The van der Waals surface area contributed by atoms with Crippen molar-refractivity contribution in [1.82, 2.24) is 19.3 Å². The van der Waals surface area contributed by atoms with E-state index in [9.17, 15) is 13.2 Å². The molecule has 0 bridgehead atoms. The maximum atomic E-state index is 13.6. The van der Waals surface area contributed by atoms with Gasteiger partial charge in [0.1, 0.15) is 17.8 Å². The van der Waals surface area contributed by atoms with Gasteiger partial charge in [-0.05, 0) is 30.3 Å². The van der Waals surface area contributed by atoms with Gasteiger partial charge >= 0.3 is 0 Å². The molecule has 0 aliphatic carbocycles. The topological polar surface area (TPSA) is 127 Å². The molecule has 31 heavy (non-hydrogen) atoms. The third-order valence-corrected chi connectivity index (χ3v) is 7.11. The van der Waals surface area contributed by atoms with E-state index in [1.165, 1.54) is 45.1 Å². The normalized spacial score (nSPS) is 11.4. The summed E-state index contributed by atoms with van der Waals surface area (Å²) in [4.78, 5) is 22.5. The largest absolute Gasteiger partial charge is 0.497 e. The Bertz CT molecular complexity index is 1390. The van der Waals surface area contributed by atoms with Crippen LogP contribution < -0.4 is 19.3 Å². The van der Waals surface area contributed by atoms with Gasteiger partial charge in [-0.2, -0.15) is 4.37 Å². The molecule has 0 radical (unpaired) electrons. The summed E-state index contributed by atoms with van der Waals surface area (Å²) in [5, 5.41) is 0.484. The zero-order valence-electron chi connectivity index (χ0n) is 16.5. The van der Waals surface area contributed by atoms with Crippen molar-refractivity contribution in [2.45, 2.75) is 11.4 Å². The molecular weight excluding hydrogens is 442 g/mol. The van der Waals surface area contributed by atoms with Gasteiger partial charge < -0.3 is 14.5 Å². The first-order valence-electron chi connectivity index (χ1n) is 8.92. The molecule has 10 nitrogen and oxygen atoms in total. The quantitative estimate of drug-likeness (QED) is 0.445. The summed E-state index contributed by atoms with van der Waals surface area (Å²) in [6.45, 7) is -0.0501. The molecule has 1 N–H and O–H groups in total. The van der Waals surface area contributed by atoms with Crippen molar-refractivity contribution in [3.63, 3.8) is 0 Å². The number of benzene rings is 2. The van der Waals surface area contributed by atoms with Crippen LogP contribution in [0.15, 0.2) is 58.7 Å². The van der Waals surface area contributed by atoms with E-state index in [0.29, 0.717) is 22.4 Å². The van der Waals surface area contributed by atoms with Crippen molar-refractivity contribution >= 4 is 37.6 Å². The molecule has 0 aliphatic heterocycles. The molecule has 2 heterocycles. The first kappa shape index (κ1) is 20.8. The number of rotatable bonds is 7. The van der Waals surface area contributed by atoms with E-state index in [0.717, 1.165) is 15.8 Å². The minimum Gasteiger partial charge on any atom is -0.497 e. The average molecular weight is 460 g/mol. The number of aromatic amines is 1. The second-order valence-corrected chi connectivity index (χ2v) is 8.94. The van der Waals surface area contributed by atoms with Crippen molar-refractivity contribution in [3.05, 3.63) is 65.0 Å². The van der Waals surface area contributed by atoms with Gasteiger partial charge in [-0.3, -0.25) is 4.79 Å². The lowest BCUT2D eigenvalue weighted by atomic mass is 10.2. The zero-order chi connectivity index (χ0) is 22.0. The third kappa shape index (κ3) is 3.94. The molecule has 0 unspecified atom stereocenters. The lowest BCUT2D eigenvalue weighted by Gasteiger charge is -2.22. The predicted molar refractivity (Wildman–Crippen MR) is 115 cm³/mol. The van der Waals surface area contributed by atoms with Crippen LogP contribution in [0, 0.1) is 0 Å². The fourth-order valence-corrected chi connectivity index (χ4v) is 5.16. The van der Waals surface area contributed by atoms with Crippen molar-refractivity contribution in [2.75, 3.05) is 18.5 Å². The number of nitrogens with zero attached hydrogens (tertiary/aromatic N) is 4. The Morgan fingerprint density at radius 3 is 2.65 bits per heavy atom. The Labute approximate surface area is 181 Å². The molecule has 0 atom stereocenters. The van der Waals surface area contributed by atoms with E-state index in [2.05, 4.69) is 19.3 Å². The Morgan fingerprint density at radius 2 is 1.94 bits per heavy atom. The molecule has 4 aromatic rings. The molecule has 0 spiro atoms. The molecule has 2 aromatic heterocycles. The fourth-order valence-electron chi connectivity index (χ4n) is 3.01. The number of hydrogen-bond donors (Lipinski definition) is 1. The van der Waals surface area contributed by atoms with Crippen LogP contribution in [0.5, 0.6) is 11.5 Å². The van der Waals surface area contributed by atoms with Gasteiger partial charge in [0.05, 0.1) is 42.9 Å². The molecule has 0 fully saturated rings. The maximum Gasteiger partial charge on any atom is 0.266 e. The first-order chi connectivity index (χ1) is 14.9. The highest BCUT2D eigenvalue weighted by Crippen LogP contribution is 2.31. The molecule has 12 heteroatoms. The van der Waals surface area contributed by atoms with Crippen molar-refractivity contribution in [3.8, 4) is 11.5 Å². The monoisotopic (exact) mass is 459 g/mol. The number of fused-ring (bicyclic) bond motifs is 1. The van der Waals surface area contributed by atoms with Gasteiger partial charge in [0.2, 0.25) is 5.13 Å². The van der Waals surface area contributed by atoms with Crippen molar-refractivity contribution in [1.29, 1.82) is 0 Å². The number of sulfonamides is 1. The minimum absolute atomic E-state index is 0.0271. The number of ether oxygens (including phenoxy) is 2. The lowest BCUT2D eigenvalue weighted by molar-refractivity contribution is 0.391. The Morgan fingerprint density at radius 1 is 1.10 bits per heavy atom. The SMILES string of the molecule is COc1ccc(CN(c2ncns2)S(=O)(=O)c2ccc3c(=O)[nH]cnc3c2)c(OC)c1. The standard InChI is InChI=1S/C19H17N5O5S2/c1-28-13-4-3-12(17(7-13)29-2)9-24(19-22-11-23-30-19)31(26,27)14-5-6-15-16(8-14)20-10-21-18(15)25/h3-8,10-11H,9H2,1-2H3,(H,20,21,25). The summed E-state index contributed by atoms with van der Waals surface area (Å²) in [6.07, 6.45) is 2.51. The number of anilines is 1. The molecule has 4 rings (SSSR count). The van der Waals surface area contributed by atoms with E-state index in [4.69, 9.17) is 9.47 Å². The molecule has 0 saturated heterocycles. The van der Waals surface area contributed by atoms with Crippen molar-refractivity contribution < 1.29 is 17.9 Å². The highest BCUT2D eigenvalue weighted by molar-refractivity contribution is 7.93. The van der Waals surface area contributed by atoms with E-state index in [-0.39, 0.29) is 27.6 Å². The molecule has 2 aromatic carbocycles. The molecule has 160 valence electrons. The number of H-pyrrole nitrogens is 1. The summed E-state index contributed by atoms with van der Waals surface area (Å²) >= 11 is 0.949. The Hall–Kier alpha value is -3.51. The van der Waals surface area contributed by atoms with E-state index >= 15 is 0 Å². The minimum atomic E-state index is -4.07. The van der Waals surface area contributed by atoms with Crippen LogP contribution in [-0.2, 0) is 16.6 Å². The molecular formula is C19H17N5O5S2. The Balaban J connectivity index is 1.81. The van der Waals surface area contributed by atoms with Gasteiger partial charge in [0.25, 0.3) is 15.6 Å². The third-order valence-electron chi connectivity index (χ3n) is 4.57. The van der Waals surface area contributed by atoms with Gasteiger partial charge in [0, 0.05) is 23.2 Å². The zero-order valence-corrected chi connectivity index (χ0v) is 18.1. The van der Waals surface area contributed by atoms with Crippen molar-refractivity contribution in [2.24, 2.45) is 0 Å². The van der Waals surface area contributed by atoms with E-state index in [1.54, 1.807) is 18.2 Å². The highest BCUT2D eigenvalue weighted by Gasteiger charge is 2.29. The summed E-state index contributed by atoms with van der Waals surface area (Å²) in [6, 6.07) is 9.28. The van der Waals surface area contributed by atoms with Gasteiger partial charge in [-0.15, -0.1) is 0 Å². The highest BCUT2D eigenvalue weighted by atomic mass is 32.2. The van der Waals surface area contributed by atoms with Crippen LogP contribution in [0.25, 0.3) is 10.9 Å². The lowest BCUT2D eigenvalue weighted by Crippen LogP contribution is -2.30. The van der Waals surface area contributed by atoms with Crippen LogP contribution in [0.1, 0.15) is 5.56 Å². The van der Waals surface area contributed by atoms with Crippen LogP contribution in [0.3, 0.4) is 0 Å². The summed E-state index contributed by atoms with van der Waals surface area (Å²) < 4.78 is 42.8. The van der Waals surface area contributed by atoms with Gasteiger partial charge in [0.15, 0.2) is 0 Å². The molecule has 0 saturated carbocycles. The van der Waals surface area contributed by atoms with Crippen LogP contribution in [-0.4, -0.2) is 42.0 Å². The maximum absolute atomic E-state index is 13.6. The number of hydrogen-bond acceptors (Lipinski definition) is 9. The number of methoxy groups -OCH3 is 2. The van der Waals surface area contributed by atoms with Crippen LogP contribution in [0.4, 0.5) is 5.13 Å². The van der Waals surface area contributed by atoms with Gasteiger partial charge in [-0.1, -0.05) is 0 Å². The van der Waals surface area contributed by atoms with Crippen LogP contribution in [0.2, 0.25) is 0 Å². The average Bonchev–Trinajstić information content (AvgIpc) is 3.31. The first-order valence-corrected chi connectivity index (χ1v) is 11.1. The second-order valence-electron chi connectivity index (χ2n) is 6.32. The smallest absolute Gasteiger partial charge is 0.266 e. The van der Waals surface area contributed by atoms with Gasteiger partial charge in [-0.25, -0.2) is 22.7 Å².